The first-order valence-electron chi connectivity index (χ1n) is 6.71. The van der Waals surface area contributed by atoms with Crippen molar-refractivity contribution in [2.24, 2.45) is 0 Å². The Morgan fingerprint density at radius 1 is 1.32 bits per heavy atom. The Labute approximate surface area is 139 Å². The lowest BCUT2D eigenvalue weighted by Crippen LogP contribution is -2.15. The van der Waals surface area contributed by atoms with Gasteiger partial charge in [0.1, 0.15) is 0 Å². The highest BCUT2D eigenvalue weighted by Gasteiger charge is 2.06. The lowest BCUT2D eigenvalue weighted by molar-refractivity contribution is -0.113. The first kappa shape index (κ1) is 16.4. The van der Waals surface area contributed by atoms with Crippen molar-refractivity contribution in [3.8, 4) is 6.07 Å². The highest BCUT2D eigenvalue weighted by atomic mass is 35.5. The van der Waals surface area contributed by atoms with Crippen LogP contribution in [0, 0.1) is 18.3 Å². The van der Waals surface area contributed by atoms with Crippen LogP contribution in [-0.4, -0.2) is 11.7 Å². The van der Waals surface area contributed by atoms with Crippen LogP contribution in [0.3, 0.4) is 0 Å². The number of anilines is 1. The molecule has 0 saturated heterocycles. The molecule has 1 amide bonds. The van der Waals surface area contributed by atoms with E-state index in [2.05, 4.69) is 11.4 Å². The summed E-state index contributed by atoms with van der Waals surface area (Å²) in [7, 11) is 0. The van der Waals surface area contributed by atoms with E-state index in [1.54, 1.807) is 18.2 Å². The fourth-order valence-electron chi connectivity index (χ4n) is 1.91. The van der Waals surface area contributed by atoms with Crippen molar-refractivity contribution in [2.45, 2.75) is 12.7 Å². The van der Waals surface area contributed by atoms with E-state index in [-0.39, 0.29) is 5.91 Å². The summed E-state index contributed by atoms with van der Waals surface area (Å²) in [5.41, 5.74) is 3.39. The van der Waals surface area contributed by atoms with Gasteiger partial charge < -0.3 is 5.32 Å². The molecule has 112 valence electrons. The number of rotatable bonds is 5. The molecule has 2 aromatic rings. The van der Waals surface area contributed by atoms with Crippen molar-refractivity contribution in [3.63, 3.8) is 0 Å². The average molecular weight is 331 g/mol. The highest BCUT2D eigenvalue weighted by molar-refractivity contribution is 7.99. The Morgan fingerprint density at radius 2 is 2.14 bits per heavy atom. The standard InChI is InChI=1S/C17H15ClN2OS/c1-12-5-6-15(18)8-16(12)20-17(21)11-22-10-14-4-2-3-13(7-14)9-19/h2-8H,10-11H2,1H3,(H,20,21). The van der Waals surface area contributed by atoms with Gasteiger partial charge in [-0.3, -0.25) is 4.79 Å². The number of nitrogens with zero attached hydrogens (tertiary/aromatic N) is 1. The van der Waals surface area contributed by atoms with Gasteiger partial charge in [0.2, 0.25) is 5.91 Å². The Hall–Kier alpha value is -1.96. The van der Waals surface area contributed by atoms with Gasteiger partial charge in [-0.1, -0.05) is 29.8 Å². The van der Waals surface area contributed by atoms with Gasteiger partial charge in [-0.05, 0) is 42.3 Å². The molecule has 0 fully saturated rings. The number of thioether (sulfide) groups is 1. The molecule has 0 bridgehead atoms. The number of hydrogen-bond acceptors (Lipinski definition) is 3. The van der Waals surface area contributed by atoms with E-state index in [1.807, 2.05) is 31.2 Å². The van der Waals surface area contributed by atoms with Crippen molar-refractivity contribution in [1.82, 2.24) is 0 Å². The third-order valence-corrected chi connectivity index (χ3v) is 4.27. The van der Waals surface area contributed by atoms with Crippen molar-refractivity contribution in [3.05, 3.63) is 64.2 Å². The number of carbonyl (C=O) groups excluding carboxylic acids is 1. The Kier molecular flexibility index (Phi) is 5.88. The van der Waals surface area contributed by atoms with Crippen LogP contribution in [0.5, 0.6) is 0 Å². The molecule has 0 atom stereocenters. The van der Waals surface area contributed by atoms with E-state index in [0.29, 0.717) is 22.1 Å². The van der Waals surface area contributed by atoms with Gasteiger partial charge in [-0.25, -0.2) is 0 Å². The predicted molar refractivity (Wildman–Crippen MR) is 92.1 cm³/mol. The summed E-state index contributed by atoms with van der Waals surface area (Å²) in [6.07, 6.45) is 0. The van der Waals surface area contributed by atoms with Gasteiger partial charge in [-0.15, -0.1) is 11.8 Å². The third kappa shape index (κ3) is 4.80. The molecule has 22 heavy (non-hydrogen) atoms. The number of benzene rings is 2. The van der Waals surface area contributed by atoms with Crippen LogP contribution in [0.15, 0.2) is 42.5 Å². The SMILES string of the molecule is Cc1ccc(Cl)cc1NC(=O)CSCc1cccc(C#N)c1. The van der Waals surface area contributed by atoms with Crippen LogP contribution in [0.25, 0.3) is 0 Å². The van der Waals surface area contributed by atoms with Crippen LogP contribution in [-0.2, 0) is 10.5 Å². The number of nitriles is 1. The Balaban J connectivity index is 1.85. The summed E-state index contributed by atoms with van der Waals surface area (Å²) in [6.45, 7) is 1.92. The molecule has 0 saturated carbocycles. The molecule has 0 unspecified atom stereocenters. The molecule has 2 rings (SSSR count). The van der Waals surface area contributed by atoms with Gasteiger partial charge in [-0.2, -0.15) is 5.26 Å². The molecule has 0 heterocycles. The number of hydrogen-bond donors (Lipinski definition) is 1. The van der Waals surface area contributed by atoms with Crippen LogP contribution in [0.2, 0.25) is 5.02 Å². The number of carbonyl (C=O) groups is 1. The van der Waals surface area contributed by atoms with Crippen LogP contribution >= 0.6 is 23.4 Å². The van der Waals surface area contributed by atoms with E-state index in [4.69, 9.17) is 16.9 Å². The lowest BCUT2D eigenvalue weighted by atomic mass is 10.2. The van der Waals surface area contributed by atoms with Gasteiger partial charge in [0, 0.05) is 16.5 Å². The first-order valence-corrected chi connectivity index (χ1v) is 8.24. The van der Waals surface area contributed by atoms with E-state index in [0.717, 1.165) is 16.8 Å². The van der Waals surface area contributed by atoms with Gasteiger partial charge >= 0.3 is 0 Å². The normalized spacial score (nSPS) is 10.0. The molecular weight excluding hydrogens is 316 g/mol. The second kappa shape index (κ2) is 7.88. The fourth-order valence-corrected chi connectivity index (χ4v) is 2.85. The van der Waals surface area contributed by atoms with Crippen LogP contribution in [0.4, 0.5) is 5.69 Å². The van der Waals surface area contributed by atoms with Gasteiger partial charge in [0.05, 0.1) is 17.4 Å². The second-order valence-corrected chi connectivity index (χ2v) is 6.23. The largest absolute Gasteiger partial charge is 0.325 e. The highest BCUT2D eigenvalue weighted by Crippen LogP contribution is 2.21. The molecule has 3 nitrogen and oxygen atoms in total. The maximum Gasteiger partial charge on any atom is 0.234 e. The zero-order valence-electron chi connectivity index (χ0n) is 12.1. The van der Waals surface area contributed by atoms with E-state index in [9.17, 15) is 4.79 Å². The van der Waals surface area contributed by atoms with Crippen molar-refractivity contribution in [2.75, 3.05) is 11.1 Å². The Morgan fingerprint density at radius 3 is 2.91 bits per heavy atom. The summed E-state index contributed by atoms with van der Waals surface area (Å²) in [4.78, 5) is 12.0. The molecule has 2 aromatic carbocycles. The first-order chi connectivity index (χ1) is 10.6. The van der Waals surface area contributed by atoms with Crippen molar-refractivity contribution >= 4 is 35.0 Å². The van der Waals surface area contributed by atoms with Crippen molar-refractivity contribution < 1.29 is 4.79 Å². The number of aryl methyl sites for hydroxylation is 1. The van der Waals surface area contributed by atoms with Crippen molar-refractivity contribution in [1.29, 1.82) is 5.26 Å². The van der Waals surface area contributed by atoms with E-state index >= 15 is 0 Å². The maximum atomic E-state index is 12.0. The molecule has 0 aliphatic rings. The summed E-state index contributed by atoms with van der Waals surface area (Å²) in [5.74, 6) is 0.979. The summed E-state index contributed by atoms with van der Waals surface area (Å²) >= 11 is 7.44. The predicted octanol–water partition coefficient (Wildman–Crippen LogP) is 4.39. The number of amides is 1. The molecule has 0 aliphatic heterocycles. The molecule has 0 spiro atoms. The number of halogens is 1. The summed E-state index contributed by atoms with van der Waals surface area (Å²) in [5, 5.41) is 12.3. The lowest BCUT2D eigenvalue weighted by Gasteiger charge is -2.08. The zero-order chi connectivity index (χ0) is 15.9. The Bertz CT molecular complexity index is 725. The zero-order valence-corrected chi connectivity index (χ0v) is 13.7. The smallest absolute Gasteiger partial charge is 0.234 e. The minimum absolute atomic E-state index is 0.0631. The fraction of sp³-hybridized carbons (Fsp3) is 0.176. The minimum Gasteiger partial charge on any atom is -0.325 e. The summed E-state index contributed by atoms with van der Waals surface area (Å²) in [6, 6.07) is 14.9. The molecule has 0 aromatic heterocycles. The van der Waals surface area contributed by atoms with E-state index < -0.39 is 0 Å². The molecule has 1 N–H and O–H groups in total. The van der Waals surface area contributed by atoms with Gasteiger partial charge in [0.15, 0.2) is 0 Å². The molecule has 0 radical (unpaired) electrons. The van der Waals surface area contributed by atoms with Crippen LogP contribution in [0.1, 0.15) is 16.7 Å². The van der Waals surface area contributed by atoms with E-state index in [1.165, 1.54) is 11.8 Å². The summed E-state index contributed by atoms with van der Waals surface area (Å²) < 4.78 is 0. The minimum atomic E-state index is -0.0631. The molecule has 0 aliphatic carbocycles. The third-order valence-electron chi connectivity index (χ3n) is 3.03. The van der Waals surface area contributed by atoms with Crippen LogP contribution < -0.4 is 5.32 Å². The second-order valence-electron chi connectivity index (χ2n) is 4.81. The quantitative estimate of drug-likeness (QED) is 0.884. The monoisotopic (exact) mass is 330 g/mol. The van der Waals surface area contributed by atoms with Gasteiger partial charge in [0.25, 0.3) is 0 Å². The topological polar surface area (TPSA) is 52.9 Å². The average Bonchev–Trinajstić information content (AvgIpc) is 2.51. The maximum absolute atomic E-state index is 12.0. The molecular formula is C17H15ClN2OS. The number of nitrogens with one attached hydrogen (secondary N) is 1. The molecule has 5 heteroatoms.